The zero-order valence-electron chi connectivity index (χ0n) is 17.8. The summed E-state index contributed by atoms with van der Waals surface area (Å²) in [7, 11) is 1.70. The van der Waals surface area contributed by atoms with Crippen LogP contribution in [0.2, 0.25) is 0 Å². The normalized spacial score (nSPS) is 14.9. The van der Waals surface area contributed by atoms with E-state index in [-0.39, 0.29) is 5.91 Å². The van der Waals surface area contributed by atoms with E-state index in [9.17, 15) is 4.79 Å². The first-order valence-corrected chi connectivity index (χ1v) is 11.2. The van der Waals surface area contributed by atoms with E-state index < -0.39 is 0 Å². The lowest BCUT2D eigenvalue weighted by Gasteiger charge is -2.31. The summed E-state index contributed by atoms with van der Waals surface area (Å²) in [5, 5.41) is 0.865. The average Bonchev–Trinajstić information content (AvgIpc) is 3.18. The fourth-order valence-electron chi connectivity index (χ4n) is 3.48. The van der Waals surface area contributed by atoms with Crippen LogP contribution in [-0.4, -0.2) is 60.1 Å². The zero-order valence-corrected chi connectivity index (χ0v) is 18.6. The standard InChI is InChI=1S/C22H32N4O2S/c1-17-4-6-19(7-5-17)16-20-23-22(29-24-20)26(14-15-28-3)13-10-21(27)25-11-8-18(2)9-12-25/h4-7,18H,8-16H2,1-3H3. The van der Waals surface area contributed by atoms with Crippen LogP contribution in [0, 0.1) is 12.8 Å². The van der Waals surface area contributed by atoms with Gasteiger partial charge >= 0.3 is 0 Å². The number of aryl methyl sites for hydroxylation is 1. The average molecular weight is 417 g/mol. The molecule has 0 spiro atoms. The Kier molecular flexibility index (Phi) is 8.00. The van der Waals surface area contributed by atoms with Crippen molar-refractivity contribution in [2.24, 2.45) is 5.92 Å². The van der Waals surface area contributed by atoms with Crippen LogP contribution in [0.25, 0.3) is 0 Å². The van der Waals surface area contributed by atoms with Gasteiger partial charge in [-0.15, -0.1) is 0 Å². The molecule has 1 aromatic heterocycles. The molecule has 2 heterocycles. The van der Waals surface area contributed by atoms with Gasteiger partial charge in [0.25, 0.3) is 0 Å². The fraction of sp³-hybridized carbons (Fsp3) is 0.591. The van der Waals surface area contributed by atoms with Crippen LogP contribution in [-0.2, 0) is 16.0 Å². The van der Waals surface area contributed by atoms with Crippen LogP contribution in [0.15, 0.2) is 24.3 Å². The summed E-state index contributed by atoms with van der Waals surface area (Å²) in [6, 6.07) is 8.47. The Balaban J connectivity index is 1.58. The zero-order chi connectivity index (χ0) is 20.6. The number of hydrogen-bond acceptors (Lipinski definition) is 6. The highest BCUT2D eigenvalue weighted by molar-refractivity contribution is 7.09. The lowest BCUT2D eigenvalue weighted by atomic mass is 9.99. The maximum absolute atomic E-state index is 12.6. The first-order chi connectivity index (χ1) is 14.0. The van der Waals surface area contributed by atoms with E-state index >= 15 is 0 Å². The molecule has 158 valence electrons. The molecule has 2 aromatic rings. The molecular weight excluding hydrogens is 384 g/mol. The molecule has 0 aliphatic carbocycles. The molecule has 6 nitrogen and oxygen atoms in total. The highest BCUT2D eigenvalue weighted by Crippen LogP contribution is 2.21. The quantitative estimate of drug-likeness (QED) is 0.626. The number of piperidine rings is 1. The van der Waals surface area contributed by atoms with Crippen molar-refractivity contribution in [2.75, 3.05) is 44.8 Å². The fourth-order valence-corrected chi connectivity index (χ4v) is 4.22. The van der Waals surface area contributed by atoms with Crippen LogP contribution < -0.4 is 4.90 Å². The number of ether oxygens (including phenoxy) is 1. The van der Waals surface area contributed by atoms with E-state index in [0.29, 0.717) is 26.1 Å². The second kappa shape index (κ2) is 10.7. The van der Waals surface area contributed by atoms with Gasteiger partial charge in [0.05, 0.1) is 6.61 Å². The summed E-state index contributed by atoms with van der Waals surface area (Å²) in [4.78, 5) is 21.5. The highest BCUT2D eigenvalue weighted by Gasteiger charge is 2.21. The number of anilines is 1. The van der Waals surface area contributed by atoms with Crippen LogP contribution >= 0.6 is 11.5 Å². The van der Waals surface area contributed by atoms with Gasteiger partial charge in [-0.05, 0) is 31.2 Å². The lowest BCUT2D eigenvalue weighted by Crippen LogP contribution is -2.40. The number of benzene rings is 1. The third-order valence-corrected chi connectivity index (χ3v) is 6.32. The van der Waals surface area contributed by atoms with Crippen molar-refractivity contribution in [3.05, 3.63) is 41.2 Å². The van der Waals surface area contributed by atoms with E-state index in [2.05, 4.69) is 47.4 Å². The summed E-state index contributed by atoms with van der Waals surface area (Å²) in [5.41, 5.74) is 2.46. The van der Waals surface area contributed by atoms with Crippen molar-refractivity contribution in [1.82, 2.24) is 14.3 Å². The van der Waals surface area contributed by atoms with Crippen LogP contribution in [0.5, 0.6) is 0 Å². The number of nitrogens with zero attached hydrogens (tertiary/aromatic N) is 4. The van der Waals surface area contributed by atoms with E-state index in [1.165, 1.54) is 22.7 Å². The van der Waals surface area contributed by atoms with Gasteiger partial charge in [0, 0.05) is 57.7 Å². The molecule has 1 aliphatic heterocycles. The second-order valence-electron chi connectivity index (χ2n) is 7.95. The maximum atomic E-state index is 12.6. The van der Waals surface area contributed by atoms with Crippen molar-refractivity contribution in [1.29, 1.82) is 0 Å². The smallest absolute Gasteiger partial charge is 0.224 e. The third-order valence-electron chi connectivity index (χ3n) is 5.51. The second-order valence-corrected chi connectivity index (χ2v) is 8.68. The summed E-state index contributed by atoms with van der Waals surface area (Å²) in [6.07, 6.45) is 3.45. The molecule has 0 saturated carbocycles. The van der Waals surface area contributed by atoms with Gasteiger partial charge in [-0.25, -0.2) is 4.98 Å². The van der Waals surface area contributed by atoms with E-state index in [4.69, 9.17) is 9.72 Å². The Morgan fingerprint density at radius 2 is 1.97 bits per heavy atom. The monoisotopic (exact) mass is 416 g/mol. The molecule has 0 bridgehead atoms. The minimum atomic E-state index is 0.240. The van der Waals surface area contributed by atoms with Gasteiger partial charge in [0.1, 0.15) is 5.82 Å². The van der Waals surface area contributed by atoms with Gasteiger partial charge in [-0.1, -0.05) is 36.8 Å². The van der Waals surface area contributed by atoms with Gasteiger partial charge < -0.3 is 14.5 Å². The Labute approximate surface area is 178 Å². The first-order valence-electron chi connectivity index (χ1n) is 10.4. The summed E-state index contributed by atoms with van der Waals surface area (Å²) in [5.74, 6) is 1.79. The molecule has 1 amide bonds. The molecule has 0 unspecified atom stereocenters. The van der Waals surface area contributed by atoms with Crippen molar-refractivity contribution in [2.45, 2.75) is 39.5 Å². The van der Waals surface area contributed by atoms with Crippen molar-refractivity contribution < 1.29 is 9.53 Å². The van der Waals surface area contributed by atoms with Gasteiger partial charge in [0.2, 0.25) is 11.0 Å². The number of methoxy groups -OCH3 is 1. The maximum Gasteiger partial charge on any atom is 0.224 e. The molecule has 1 saturated heterocycles. The topological polar surface area (TPSA) is 58.6 Å². The Morgan fingerprint density at radius 3 is 2.66 bits per heavy atom. The van der Waals surface area contributed by atoms with Crippen LogP contribution in [0.1, 0.15) is 43.1 Å². The summed E-state index contributed by atoms with van der Waals surface area (Å²) < 4.78 is 9.80. The number of rotatable bonds is 9. The predicted octanol–water partition coefficient (Wildman–Crippen LogP) is 3.54. The molecule has 0 radical (unpaired) electrons. The SMILES string of the molecule is COCCN(CCC(=O)N1CCC(C)CC1)c1nc(Cc2ccc(C)cc2)ns1. The number of aromatic nitrogens is 2. The van der Waals surface area contributed by atoms with E-state index in [0.717, 1.165) is 49.2 Å². The summed E-state index contributed by atoms with van der Waals surface area (Å²) >= 11 is 1.40. The minimum Gasteiger partial charge on any atom is -0.383 e. The lowest BCUT2D eigenvalue weighted by molar-refractivity contribution is -0.132. The first kappa shape index (κ1) is 21.7. The highest BCUT2D eigenvalue weighted by atomic mass is 32.1. The van der Waals surface area contributed by atoms with Crippen LogP contribution in [0.4, 0.5) is 5.13 Å². The van der Waals surface area contributed by atoms with Crippen molar-refractivity contribution in [3.63, 3.8) is 0 Å². The number of carbonyl (C=O) groups excluding carboxylic acids is 1. The molecule has 1 fully saturated rings. The summed E-state index contributed by atoms with van der Waals surface area (Å²) in [6.45, 7) is 8.07. The van der Waals surface area contributed by atoms with E-state index in [1.54, 1.807) is 7.11 Å². The predicted molar refractivity (Wildman–Crippen MR) is 118 cm³/mol. The molecular formula is C22H32N4O2S. The molecule has 3 rings (SSSR count). The minimum absolute atomic E-state index is 0.240. The molecule has 7 heteroatoms. The Hall–Kier alpha value is -1.99. The molecule has 29 heavy (non-hydrogen) atoms. The number of amides is 1. The molecule has 1 aromatic carbocycles. The molecule has 0 N–H and O–H groups in total. The largest absolute Gasteiger partial charge is 0.383 e. The van der Waals surface area contributed by atoms with E-state index in [1.807, 2.05) is 4.90 Å². The number of hydrogen-bond donors (Lipinski definition) is 0. The van der Waals surface area contributed by atoms with Gasteiger partial charge in [-0.3, -0.25) is 4.79 Å². The number of carbonyl (C=O) groups is 1. The number of likely N-dealkylation sites (tertiary alicyclic amines) is 1. The van der Waals surface area contributed by atoms with Gasteiger partial charge in [-0.2, -0.15) is 4.37 Å². The van der Waals surface area contributed by atoms with Gasteiger partial charge in [0.15, 0.2) is 0 Å². The Bertz CT molecular complexity index is 769. The third kappa shape index (κ3) is 6.51. The molecule has 1 aliphatic rings. The van der Waals surface area contributed by atoms with Crippen LogP contribution in [0.3, 0.4) is 0 Å². The van der Waals surface area contributed by atoms with Crippen molar-refractivity contribution >= 4 is 22.6 Å². The Morgan fingerprint density at radius 1 is 1.24 bits per heavy atom. The van der Waals surface area contributed by atoms with Crippen molar-refractivity contribution in [3.8, 4) is 0 Å². The molecule has 0 atom stereocenters.